The van der Waals surface area contributed by atoms with Crippen LogP contribution in [0.25, 0.3) is 0 Å². The molecule has 0 saturated carbocycles. The van der Waals surface area contributed by atoms with Crippen LogP contribution in [0.2, 0.25) is 0 Å². The summed E-state index contributed by atoms with van der Waals surface area (Å²) in [7, 11) is 0. The molecule has 136 valence electrons. The van der Waals surface area contributed by atoms with Crippen LogP contribution >= 0.6 is 0 Å². The number of hydrogen-bond donors (Lipinski definition) is 1. The van der Waals surface area contributed by atoms with Crippen LogP contribution in [0.1, 0.15) is 41.5 Å². The molecular formula is C18H38N4O. The maximum absolute atomic E-state index is 11.8. The van der Waals surface area contributed by atoms with Crippen molar-refractivity contribution in [1.29, 1.82) is 0 Å². The summed E-state index contributed by atoms with van der Waals surface area (Å²) >= 11 is 0. The SMILES string of the molecule is CCN1CCN(CCCN2CCC(NC(=O)C(C)C)CC2)CC1.[HH]. The van der Waals surface area contributed by atoms with Crippen molar-refractivity contribution >= 4 is 5.91 Å². The average Bonchev–Trinajstić information content (AvgIpc) is 2.57. The Hall–Kier alpha value is -0.650. The van der Waals surface area contributed by atoms with E-state index < -0.39 is 0 Å². The van der Waals surface area contributed by atoms with Gasteiger partial charge in [0.25, 0.3) is 0 Å². The molecule has 2 aliphatic heterocycles. The summed E-state index contributed by atoms with van der Waals surface area (Å²) in [6.07, 6.45) is 3.48. The molecule has 0 radical (unpaired) electrons. The highest BCUT2D eigenvalue weighted by atomic mass is 16.1. The Morgan fingerprint density at radius 1 is 1.00 bits per heavy atom. The lowest BCUT2D eigenvalue weighted by molar-refractivity contribution is -0.125. The van der Waals surface area contributed by atoms with Crippen LogP contribution in [-0.2, 0) is 4.79 Å². The summed E-state index contributed by atoms with van der Waals surface area (Å²) in [5.41, 5.74) is 0. The first-order valence-electron chi connectivity index (χ1n) is 9.56. The molecule has 2 rings (SSSR count). The predicted octanol–water partition coefficient (Wildman–Crippen LogP) is 1.50. The summed E-state index contributed by atoms with van der Waals surface area (Å²) < 4.78 is 0. The van der Waals surface area contributed by atoms with E-state index in [9.17, 15) is 4.79 Å². The lowest BCUT2D eigenvalue weighted by Crippen LogP contribution is -2.47. The van der Waals surface area contributed by atoms with E-state index in [-0.39, 0.29) is 13.3 Å². The van der Waals surface area contributed by atoms with Gasteiger partial charge in [-0.1, -0.05) is 20.8 Å². The second kappa shape index (κ2) is 9.60. The molecule has 2 heterocycles. The van der Waals surface area contributed by atoms with Crippen molar-refractivity contribution in [3.05, 3.63) is 0 Å². The van der Waals surface area contributed by atoms with Gasteiger partial charge in [0, 0.05) is 52.7 Å². The van der Waals surface area contributed by atoms with Gasteiger partial charge >= 0.3 is 0 Å². The van der Waals surface area contributed by atoms with Crippen LogP contribution in [0.3, 0.4) is 0 Å². The molecule has 0 bridgehead atoms. The molecule has 1 amide bonds. The van der Waals surface area contributed by atoms with Gasteiger partial charge in [0.05, 0.1) is 0 Å². The van der Waals surface area contributed by atoms with Gasteiger partial charge in [-0.05, 0) is 38.9 Å². The lowest BCUT2D eigenvalue weighted by Gasteiger charge is -2.35. The van der Waals surface area contributed by atoms with E-state index in [2.05, 4.69) is 26.9 Å². The number of amides is 1. The summed E-state index contributed by atoms with van der Waals surface area (Å²) in [6.45, 7) is 17.0. The number of likely N-dealkylation sites (N-methyl/N-ethyl adjacent to an activating group) is 1. The first-order valence-corrected chi connectivity index (χ1v) is 9.56. The molecule has 0 atom stereocenters. The molecule has 0 aromatic heterocycles. The van der Waals surface area contributed by atoms with Gasteiger partial charge in [0.15, 0.2) is 0 Å². The number of nitrogens with zero attached hydrogens (tertiary/aromatic N) is 3. The van der Waals surface area contributed by atoms with Crippen LogP contribution < -0.4 is 5.32 Å². The largest absolute Gasteiger partial charge is 0.353 e. The Kier molecular flexibility index (Phi) is 7.80. The number of piperidine rings is 1. The second-order valence-electron chi connectivity index (χ2n) is 7.41. The van der Waals surface area contributed by atoms with Gasteiger partial charge in [-0.15, -0.1) is 0 Å². The monoisotopic (exact) mass is 326 g/mol. The number of carbonyl (C=O) groups is 1. The molecule has 5 nitrogen and oxygen atoms in total. The fourth-order valence-corrected chi connectivity index (χ4v) is 3.52. The Balaban J connectivity index is 0.00000288. The molecule has 2 aliphatic rings. The number of nitrogens with one attached hydrogen (secondary N) is 1. The van der Waals surface area contributed by atoms with Gasteiger partial charge in [-0.25, -0.2) is 0 Å². The number of hydrogen-bond acceptors (Lipinski definition) is 4. The van der Waals surface area contributed by atoms with Gasteiger partial charge in [0.1, 0.15) is 0 Å². The third-order valence-electron chi connectivity index (χ3n) is 5.32. The highest BCUT2D eigenvalue weighted by molar-refractivity contribution is 5.78. The molecule has 0 aliphatic carbocycles. The van der Waals surface area contributed by atoms with Crippen molar-refractivity contribution in [3.63, 3.8) is 0 Å². The van der Waals surface area contributed by atoms with Crippen molar-refractivity contribution in [2.45, 2.75) is 46.1 Å². The molecule has 2 fully saturated rings. The minimum absolute atomic E-state index is 0. The third kappa shape index (κ3) is 6.40. The van der Waals surface area contributed by atoms with Crippen molar-refractivity contribution in [3.8, 4) is 0 Å². The van der Waals surface area contributed by atoms with Crippen LogP contribution in [0, 0.1) is 5.92 Å². The standard InChI is InChI=1S/C18H36N4O.H2/c1-4-20-12-14-22(15-13-20)9-5-8-21-10-6-17(7-11-21)19-18(23)16(2)3;/h16-17H,4-15H2,1-3H3,(H,19,23);1H. The average molecular weight is 327 g/mol. The summed E-state index contributed by atoms with van der Waals surface area (Å²) in [4.78, 5) is 19.5. The zero-order valence-electron chi connectivity index (χ0n) is 15.4. The van der Waals surface area contributed by atoms with E-state index in [0.29, 0.717) is 6.04 Å². The van der Waals surface area contributed by atoms with Crippen molar-refractivity contribution in [1.82, 2.24) is 20.0 Å². The number of piperazine rings is 1. The minimum atomic E-state index is 0. The molecule has 0 spiro atoms. The Bertz CT molecular complexity index is 351. The first-order chi connectivity index (χ1) is 11.1. The van der Waals surface area contributed by atoms with Crippen molar-refractivity contribution in [2.24, 2.45) is 5.92 Å². The molecule has 0 unspecified atom stereocenters. The molecule has 0 aromatic carbocycles. The smallest absolute Gasteiger partial charge is 0.222 e. The van der Waals surface area contributed by atoms with E-state index in [1.807, 2.05) is 13.8 Å². The number of carbonyl (C=O) groups excluding carboxylic acids is 1. The Morgan fingerprint density at radius 3 is 2.04 bits per heavy atom. The van der Waals surface area contributed by atoms with Crippen molar-refractivity contribution < 1.29 is 6.22 Å². The maximum atomic E-state index is 11.8. The third-order valence-corrected chi connectivity index (χ3v) is 5.32. The predicted molar refractivity (Wildman–Crippen MR) is 97.7 cm³/mol. The first kappa shape index (κ1) is 18.7. The fourth-order valence-electron chi connectivity index (χ4n) is 3.52. The van der Waals surface area contributed by atoms with Gasteiger partial charge in [0.2, 0.25) is 5.91 Å². The van der Waals surface area contributed by atoms with Crippen LogP contribution in [0.5, 0.6) is 0 Å². The number of rotatable bonds is 7. The highest BCUT2D eigenvalue weighted by Crippen LogP contribution is 2.12. The summed E-state index contributed by atoms with van der Waals surface area (Å²) in [5, 5.41) is 3.18. The molecule has 0 aromatic rings. The van der Waals surface area contributed by atoms with Gasteiger partial charge < -0.3 is 20.0 Å². The Morgan fingerprint density at radius 2 is 1.52 bits per heavy atom. The second-order valence-corrected chi connectivity index (χ2v) is 7.41. The normalized spacial score (nSPS) is 22.6. The quantitative estimate of drug-likeness (QED) is 0.769. The molecule has 5 heteroatoms. The zero-order valence-corrected chi connectivity index (χ0v) is 15.4. The van der Waals surface area contributed by atoms with E-state index in [0.717, 1.165) is 25.9 Å². The lowest BCUT2D eigenvalue weighted by atomic mass is 10.0. The highest BCUT2D eigenvalue weighted by Gasteiger charge is 2.21. The summed E-state index contributed by atoms with van der Waals surface area (Å²) in [5.74, 6) is 0.302. The van der Waals surface area contributed by atoms with E-state index in [1.54, 1.807) is 0 Å². The fraction of sp³-hybridized carbons (Fsp3) is 0.944. The minimum Gasteiger partial charge on any atom is -0.353 e. The molecule has 23 heavy (non-hydrogen) atoms. The topological polar surface area (TPSA) is 38.8 Å². The zero-order chi connectivity index (χ0) is 16.7. The maximum Gasteiger partial charge on any atom is 0.222 e. The van der Waals surface area contributed by atoms with E-state index >= 15 is 0 Å². The number of likely N-dealkylation sites (tertiary alicyclic amines) is 1. The van der Waals surface area contributed by atoms with Crippen LogP contribution in [0.15, 0.2) is 0 Å². The van der Waals surface area contributed by atoms with Crippen LogP contribution in [-0.4, -0.2) is 85.6 Å². The van der Waals surface area contributed by atoms with Gasteiger partial charge in [-0.2, -0.15) is 0 Å². The molecule has 2 saturated heterocycles. The van der Waals surface area contributed by atoms with Crippen LogP contribution in [0.4, 0.5) is 0 Å². The van der Waals surface area contributed by atoms with Gasteiger partial charge in [-0.3, -0.25) is 4.79 Å². The molecule has 1 N–H and O–H groups in total. The van der Waals surface area contributed by atoms with E-state index in [4.69, 9.17) is 0 Å². The molecular weight excluding hydrogens is 288 g/mol. The Labute approximate surface area is 143 Å². The van der Waals surface area contributed by atoms with Crippen molar-refractivity contribution in [2.75, 3.05) is 58.9 Å². The summed E-state index contributed by atoms with van der Waals surface area (Å²) in [6, 6.07) is 0.392. The van der Waals surface area contributed by atoms with E-state index in [1.165, 1.54) is 52.2 Å².